The third-order valence-corrected chi connectivity index (χ3v) is 4.47. The Balaban J connectivity index is 1.91. The number of nitrogens with one attached hydrogen (secondary N) is 2. The van der Waals surface area contributed by atoms with Crippen LogP contribution in [0.1, 0.15) is 29.8 Å². The molecule has 0 aliphatic heterocycles. The molecule has 0 fully saturated rings. The van der Waals surface area contributed by atoms with Crippen molar-refractivity contribution < 1.29 is 23.5 Å². The van der Waals surface area contributed by atoms with Gasteiger partial charge in [0.1, 0.15) is 5.82 Å². The number of ether oxygens (including phenoxy) is 2. The monoisotopic (exact) mass is 452 g/mol. The van der Waals surface area contributed by atoms with Crippen LogP contribution in [0.5, 0.6) is 11.5 Å². The van der Waals surface area contributed by atoms with E-state index >= 15 is 0 Å². The number of carbonyl (C=O) groups is 2. The molecular weight excluding hydrogens is 431 g/mol. The van der Waals surface area contributed by atoms with Crippen LogP contribution in [0.25, 0.3) is 0 Å². The summed E-state index contributed by atoms with van der Waals surface area (Å²) in [6, 6.07) is 9.06. The zero-order valence-electron chi connectivity index (χ0n) is 15.7. The lowest BCUT2D eigenvalue weighted by atomic mass is 10.2. The Labute approximate surface area is 171 Å². The van der Waals surface area contributed by atoms with Gasteiger partial charge in [-0.2, -0.15) is 0 Å². The van der Waals surface area contributed by atoms with Crippen LogP contribution in [-0.2, 0) is 11.3 Å². The van der Waals surface area contributed by atoms with Crippen molar-refractivity contribution in [2.45, 2.75) is 20.4 Å². The van der Waals surface area contributed by atoms with E-state index in [2.05, 4.69) is 26.6 Å². The van der Waals surface area contributed by atoms with E-state index in [4.69, 9.17) is 9.47 Å². The number of halogens is 2. The number of amides is 2. The lowest BCUT2D eigenvalue weighted by Gasteiger charge is -2.12. The normalized spacial score (nSPS) is 10.3. The average Bonchev–Trinajstić information content (AvgIpc) is 2.68. The van der Waals surface area contributed by atoms with Crippen molar-refractivity contribution in [1.82, 2.24) is 10.6 Å². The molecule has 8 heteroatoms. The summed E-state index contributed by atoms with van der Waals surface area (Å²) in [7, 11) is 0. The molecule has 0 atom stereocenters. The van der Waals surface area contributed by atoms with Gasteiger partial charge < -0.3 is 20.1 Å². The second kappa shape index (κ2) is 10.7. The summed E-state index contributed by atoms with van der Waals surface area (Å²) >= 11 is 3.30. The lowest BCUT2D eigenvalue weighted by molar-refractivity contribution is -0.120. The number of benzene rings is 2. The van der Waals surface area contributed by atoms with Gasteiger partial charge in [-0.25, -0.2) is 4.39 Å². The molecule has 0 heterocycles. The van der Waals surface area contributed by atoms with E-state index in [0.717, 1.165) is 0 Å². The van der Waals surface area contributed by atoms with Gasteiger partial charge in [-0.1, -0.05) is 15.9 Å². The number of carbonyl (C=O) groups excluding carboxylic acids is 2. The Kier molecular flexibility index (Phi) is 8.25. The van der Waals surface area contributed by atoms with Crippen molar-refractivity contribution in [2.24, 2.45) is 0 Å². The van der Waals surface area contributed by atoms with Crippen LogP contribution in [0.2, 0.25) is 0 Å². The van der Waals surface area contributed by atoms with Crippen LogP contribution in [0.4, 0.5) is 4.39 Å². The minimum absolute atomic E-state index is 0.143. The van der Waals surface area contributed by atoms with Gasteiger partial charge in [-0.3, -0.25) is 9.59 Å². The summed E-state index contributed by atoms with van der Waals surface area (Å²) < 4.78 is 24.9. The quantitative estimate of drug-likeness (QED) is 0.610. The molecule has 0 spiro atoms. The highest BCUT2D eigenvalue weighted by atomic mass is 79.9. The predicted octanol–water partition coefficient (Wildman–Crippen LogP) is 3.43. The van der Waals surface area contributed by atoms with Gasteiger partial charge in [0.25, 0.3) is 5.91 Å². The third kappa shape index (κ3) is 6.23. The first-order chi connectivity index (χ1) is 13.4. The van der Waals surface area contributed by atoms with E-state index in [-0.39, 0.29) is 24.8 Å². The molecule has 28 heavy (non-hydrogen) atoms. The maximum Gasteiger partial charge on any atom is 0.251 e. The lowest BCUT2D eigenvalue weighted by Crippen LogP contribution is -2.36. The van der Waals surface area contributed by atoms with E-state index in [9.17, 15) is 14.0 Å². The standard InChI is InChI=1S/C20H22BrFN2O4/c1-3-27-17-8-5-13(10-18(17)28-4-2)20(26)24-12-19(25)23-11-14-9-15(22)6-7-16(14)21/h5-10H,3-4,11-12H2,1-2H3,(H,23,25)(H,24,26). The molecule has 2 aromatic carbocycles. The van der Waals surface area contributed by atoms with Crippen LogP contribution in [-0.4, -0.2) is 31.6 Å². The Morgan fingerprint density at radius 1 is 1.00 bits per heavy atom. The van der Waals surface area contributed by atoms with Gasteiger partial charge in [-0.15, -0.1) is 0 Å². The van der Waals surface area contributed by atoms with Crippen molar-refractivity contribution in [3.63, 3.8) is 0 Å². The number of rotatable bonds is 9. The van der Waals surface area contributed by atoms with Crippen molar-refractivity contribution in [3.05, 3.63) is 57.8 Å². The Morgan fingerprint density at radius 2 is 1.71 bits per heavy atom. The number of hydrogen-bond acceptors (Lipinski definition) is 4. The molecular formula is C20H22BrFN2O4. The minimum atomic E-state index is -0.411. The van der Waals surface area contributed by atoms with E-state index in [1.807, 2.05) is 13.8 Å². The first-order valence-electron chi connectivity index (χ1n) is 8.83. The van der Waals surface area contributed by atoms with Crippen molar-refractivity contribution in [2.75, 3.05) is 19.8 Å². The van der Waals surface area contributed by atoms with Crippen LogP contribution in [0.3, 0.4) is 0 Å². The fourth-order valence-electron chi connectivity index (χ4n) is 2.39. The summed E-state index contributed by atoms with van der Waals surface area (Å²) in [6.07, 6.45) is 0. The molecule has 2 rings (SSSR count). The molecule has 0 bridgehead atoms. The topological polar surface area (TPSA) is 76.7 Å². The van der Waals surface area contributed by atoms with E-state index < -0.39 is 5.91 Å². The van der Waals surface area contributed by atoms with E-state index in [1.54, 1.807) is 24.3 Å². The van der Waals surface area contributed by atoms with E-state index in [0.29, 0.717) is 40.3 Å². The number of hydrogen-bond donors (Lipinski definition) is 2. The second-order valence-electron chi connectivity index (χ2n) is 5.72. The SMILES string of the molecule is CCOc1ccc(C(=O)NCC(=O)NCc2cc(F)ccc2Br)cc1OCC. The summed E-state index contributed by atoms with van der Waals surface area (Å²) in [5.41, 5.74) is 0.958. The average molecular weight is 453 g/mol. The molecule has 150 valence electrons. The largest absolute Gasteiger partial charge is 0.490 e. The van der Waals surface area contributed by atoms with Crippen molar-refractivity contribution in [3.8, 4) is 11.5 Å². The molecule has 0 aliphatic rings. The molecule has 0 saturated carbocycles. The first-order valence-corrected chi connectivity index (χ1v) is 9.62. The maximum atomic E-state index is 13.3. The zero-order valence-corrected chi connectivity index (χ0v) is 17.3. The third-order valence-electron chi connectivity index (χ3n) is 3.70. The molecule has 0 unspecified atom stereocenters. The Bertz CT molecular complexity index is 845. The van der Waals surface area contributed by atoms with Gasteiger partial charge in [0.15, 0.2) is 11.5 Å². The highest BCUT2D eigenvalue weighted by Gasteiger charge is 2.13. The zero-order chi connectivity index (χ0) is 20.5. The molecule has 2 N–H and O–H groups in total. The first kappa shape index (κ1) is 21.7. The van der Waals surface area contributed by atoms with Crippen molar-refractivity contribution >= 4 is 27.7 Å². The molecule has 0 radical (unpaired) electrons. The Morgan fingerprint density at radius 3 is 2.43 bits per heavy atom. The minimum Gasteiger partial charge on any atom is -0.490 e. The molecule has 0 aromatic heterocycles. The van der Waals surface area contributed by atoms with Gasteiger partial charge in [-0.05, 0) is 55.8 Å². The fourth-order valence-corrected chi connectivity index (χ4v) is 2.78. The molecule has 2 amide bonds. The summed E-state index contributed by atoms with van der Waals surface area (Å²) in [5.74, 6) is -0.162. The second-order valence-corrected chi connectivity index (χ2v) is 6.58. The highest BCUT2D eigenvalue weighted by Crippen LogP contribution is 2.28. The molecule has 0 saturated heterocycles. The molecule has 2 aromatic rings. The van der Waals surface area contributed by atoms with Crippen LogP contribution in [0, 0.1) is 5.82 Å². The van der Waals surface area contributed by atoms with Crippen LogP contribution < -0.4 is 20.1 Å². The molecule has 6 nitrogen and oxygen atoms in total. The van der Waals surface area contributed by atoms with Gasteiger partial charge in [0.2, 0.25) is 5.91 Å². The summed E-state index contributed by atoms with van der Waals surface area (Å²) in [6.45, 7) is 4.55. The summed E-state index contributed by atoms with van der Waals surface area (Å²) in [5, 5.41) is 5.18. The van der Waals surface area contributed by atoms with Crippen LogP contribution >= 0.6 is 15.9 Å². The van der Waals surface area contributed by atoms with E-state index in [1.165, 1.54) is 12.1 Å². The fraction of sp³-hybridized carbons (Fsp3) is 0.300. The predicted molar refractivity (Wildman–Crippen MR) is 107 cm³/mol. The van der Waals surface area contributed by atoms with Gasteiger partial charge in [0, 0.05) is 16.6 Å². The van der Waals surface area contributed by atoms with Crippen molar-refractivity contribution in [1.29, 1.82) is 0 Å². The highest BCUT2D eigenvalue weighted by molar-refractivity contribution is 9.10. The van der Waals surface area contributed by atoms with Gasteiger partial charge in [0.05, 0.1) is 19.8 Å². The smallest absolute Gasteiger partial charge is 0.251 e. The van der Waals surface area contributed by atoms with Crippen LogP contribution in [0.15, 0.2) is 40.9 Å². The maximum absolute atomic E-state index is 13.3. The molecule has 0 aliphatic carbocycles. The van der Waals surface area contributed by atoms with Gasteiger partial charge >= 0.3 is 0 Å². The Hall–Kier alpha value is -2.61. The summed E-state index contributed by atoms with van der Waals surface area (Å²) in [4.78, 5) is 24.3.